The molecule has 4 rings (SSSR count). The molecular weight excluding hydrogens is 530 g/mol. The van der Waals surface area contributed by atoms with Gasteiger partial charge in [-0.1, -0.05) is 29.8 Å². The van der Waals surface area contributed by atoms with Gasteiger partial charge in [-0.2, -0.15) is 0 Å². The van der Waals surface area contributed by atoms with Gasteiger partial charge in [-0.05, 0) is 44.0 Å². The van der Waals surface area contributed by atoms with Crippen LogP contribution < -0.4 is 4.74 Å². The molecule has 0 spiro atoms. The number of carbonyl (C=O) groups excluding carboxylic acids is 2. The number of urea groups is 1. The molecule has 0 aliphatic carbocycles. The normalized spacial score (nSPS) is 16.6. The van der Waals surface area contributed by atoms with E-state index in [1.165, 1.54) is 41.1 Å². The maximum absolute atomic E-state index is 13.0. The number of aliphatic carboxylic acids is 1. The fourth-order valence-electron chi connectivity index (χ4n) is 4.65. The highest BCUT2D eigenvalue weighted by Crippen LogP contribution is 2.36. The second-order valence-electron chi connectivity index (χ2n) is 9.72. The van der Waals surface area contributed by atoms with Crippen molar-refractivity contribution < 1.29 is 29.2 Å². The Morgan fingerprint density at radius 2 is 1.85 bits per heavy atom. The van der Waals surface area contributed by atoms with E-state index in [1.807, 2.05) is 31.2 Å². The molecule has 1 N–H and O–H groups in total. The van der Waals surface area contributed by atoms with Gasteiger partial charge in [-0.25, -0.2) is 14.8 Å². The minimum absolute atomic E-state index is 0.0753. The number of non-ortho nitro benzene ring substituents is 1. The van der Waals surface area contributed by atoms with Crippen LogP contribution in [0.2, 0.25) is 0 Å². The molecule has 212 valence electrons. The van der Waals surface area contributed by atoms with Gasteiger partial charge in [0.25, 0.3) is 11.6 Å². The number of hydrogen-bond acceptors (Lipinski definition) is 7. The second kappa shape index (κ2) is 12.4. The van der Waals surface area contributed by atoms with Gasteiger partial charge in [0.15, 0.2) is 0 Å². The van der Waals surface area contributed by atoms with Crippen LogP contribution in [0.15, 0.2) is 71.9 Å². The molecule has 1 aliphatic rings. The molecule has 1 aromatic heterocycles. The summed E-state index contributed by atoms with van der Waals surface area (Å²) in [5.74, 6) is -1.71. The van der Waals surface area contributed by atoms with Gasteiger partial charge in [-0.3, -0.25) is 19.7 Å². The third-order valence-electron chi connectivity index (χ3n) is 6.77. The average molecular weight is 560 g/mol. The zero-order chi connectivity index (χ0) is 29.7. The molecule has 0 fully saturated rings. The van der Waals surface area contributed by atoms with Crippen molar-refractivity contribution in [3.05, 3.63) is 93.7 Å². The first-order valence-corrected chi connectivity index (χ1v) is 12.8. The highest BCUT2D eigenvalue weighted by atomic mass is 16.6. The standard InChI is InChI=1S/C29H29N5O7/c1-18-8-11-23(12-9-18)41-24-13-10-21(17-30-24)27(35)32(3)14-5-15-33-26(20-6-4-7-22(16-20)34(39)40)25(28(36)37)19(2)31-29(33)38/h4,6-13,16-17,25-26H,5,14-15H2,1-3H3,(H,36,37). The maximum Gasteiger partial charge on any atom is 0.344 e. The molecule has 2 unspecified atom stereocenters. The number of rotatable bonds is 10. The highest BCUT2D eigenvalue weighted by molar-refractivity contribution is 6.07. The maximum atomic E-state index is 13.0. The number of aryl methyl sites for hydroxylation is 1. The second-order valence-corrected chi connectivity index (χ2v) is 9.72. The third kappa shape index (κ3) is 6.72. The molecule has 2 aromatic carbocycles. The van der Waals surface area contributed by atoms with Crippen molar-refractivity contribution >= 4 is 29.3 Å². The summed E-state index contributed by atoms with van der Waals surface area (Å²) in [5.41, 5.74) is 1.66. The lowest BCUT2D eigenvalue weighted by atomic mass is 9.86. The van der Waals surface area contributed by atoms with E-state index in [1.54, 1.807) is 25.2 Å². The quantitative estimate of drug-likeness (QED) is 0.272. The van der Waals surface area contributed by atoms with Crippen molar-refractivity contribution in [2.75, 3.05) is 20.1 Å². The third-order valence-corrected chi connectivity index (χ3v) is 6.77. The van der Waals surface area contributed by atoms with Gasteiger partial charge in [0.1, 0.15) is 11.7 Å². The Kier molecular flexibility index (Phi) is 8.71. The Morgan fingerprint density at radius 1 is 1.12 bits per heavy atom. The number of nitrogens with zero attached hydrogens (tertiary/aromatic N) is 5. The first kappa shape index (κ1) is 28.9. The van der Waals surface area contributed by atoms with E-state index >= 15 is 0 Å². The molecule has 3 aromatic rings. The number of carboxylic acid groups (broad SMARTS) is 1. The molecule has 1 aliphatic heterocycles. The summed E-state index contributed by atoms with van der Waals surface area (Å²) in [4.78, 5) is 59.7. The zero-order valence-electron chi connectivity index (χ0n) is 22.8. The molecule has 2 atom stereocenters. The predicted octanol–water partition coefficient (Wildman–Crippen LogP) is 4.89. The van der Waals surface area contributed by atoms with E-state index in [2.05, 4.69) is 9.98 Å². The number of carbonyl (C=O) groups is 3. The van der Waals surface area contributed by atoms with Crippen molar-refractivity contribution in [3.63, 3.8) is 0 Å². The van der Waals surface area contributed by atoms with Crippen molar-refractivity contribution in [1.82, 2.24) is 14.8 Å². The van der Waals surface area contributed by atoms with E-state index in [4.69, 9.17) is 4.74 Å². The molecule has 3 amide bonds. The Morgan fingerprint density at radius 3 is 2.49 bits per heavy atom. The molecule has 12 nitrogen and oxygen atoms in total. The number of aromatic nitrogens is 1. The number of pyridine rings is 1. The topological polar surface area (TPSA) is 156 Å². The van der Waals surface area contributed by atoms with Gasteiger partial charge >= 0.3 is 12.0 Å². The summed E-state index contributed by atoms with van der Waals surface area (Å²) in [7, 11) is 1.61. The lowest BCUT2D eigenvalue weighted by molar-refractivity contribution is -0.385. The zero-order valence-corrected chi connectivity index (χ0v) is 22.8. The Balaban J connectivity index is 1.43. The average Bonchev–Trinajstić information content (AvgIpc) is 2.94. The Hall–Kier alpha value is -5.13. The number of nitro benzene ring substituents is 1. The Bertz CT molecular complexity index is 1490. The van der Waals surface area contributed by atoms with Crippen LogP contribution in [0.25, 0.3) is 0 Å². The van der Waals surface area contributed by atoms with Crippen LogP contribution in [0.4, 0.5) is 10.5 Å². The summed E-state index contributed by atoms with van der Waals surface area (Å²) in [6.07, 6.45) is 1.73. The summed E-state index contributed by atoms with van der Waals surface area (Å²) in [5, 5.41) is 21.3. The molecule has 12 heteroatoms. The van der Waals surface area contributed by atoms with E-state index in [-0.39, 0.29) is 30.4 Å². The van der Waals surface area contributed by atoms with Crippen molar-refractivity contribution in [2.24, 2.45) is 10.9 Å². The summed E-state index contributed by atoms with van der Waals surface area (Å²) in [6, 6.07) is 14.6. The van der Waals surface area contributed by atoms with Crippen LogP contribution >= 0.6 is 0 Å². The van der Waals surface area contributed by atoms with Crippen molar-refractivity contribution in [3.8, 4) is 11.6 Å². The molecular formula is C29H29N5O7. The van der Waals surface area contributed by atoms with Crippen LogP contribution in [0, 0.1) is 23.0 Å². The van der Waals surface area contributed by atoms with Gasteiger partial charge in [0.05, 0.1) is 16.5 Å². The number of hydrogen-bond donors (Lipinski definition) is 1. The summed E-state index contributed by atoms with van der Waals surface area (Å²) >= 11 is 0. The Labute approximate surface area is 236 Å². The van der Waals surface area contributed by atoms with Crippen LogP contribution in [0.3, 0.4) is 0 Å². The number of nitro groups is 1. The van der Waals surface area contributed by atoms with Gasteiger partial charge < -0.3 is 19.6 Å². The monoisotopic (exact) mass is 559 g/mol. The highest BCUT2D eigenvalue weighted by Gasteiger charge is 2.42. The molecule has 0 bridgehead atoms. The molecule has 41 heavy (non-hydrogen) atoms. The van der Waals surface area contributed by atoms with E-state index in [9.17, 15) is 29.6 Å². The van der Waals surface area contributed by atoms with Crippen LogP contribution in [0.1, 0.15) is 40.9 Å². The lowest BCUT2D eigenvalue weighted by Crippen LogP contribution is -2.47. The van der Waals surface area contributed by atoms with E-state index in [0.29, 0.717) is 29.2 Å². The number of aliphatic imine (C=N–C) groups is 1. The van der Waals surface area contributed by atoms with Crippen LogP contribution in [0.5, 0.6) is 11.6 Å². The largest absolute Gasteiger partial charge is 0.481 e. The molecule has 0 radical (unpaired) electrons. The predicted molar refractivity (Wildman–Crippen MR) is 149 cm³/mol. The fraction of sp³-hybridized carbons (Fsp3) is 0.276. The first-order chi connectivity index (χ1) is 19.5. The SMILES string of the molecule is CC1=NC(=O)N(CCCN(C)C(=O)c2ccc(Oc3ccc(C)cc3)nc2)C(c2cccc([N+](=O)[O-])c2)C1C(=O)O. The van der Waals surface area contributed by atoms with Crippen molar-refractivity contribution in [1.29, 1.82) is 0 Å². The fourth-order valence-corrected chi connectivity index (χ4v) is 4.65. The minimum Gasteiger partial charge on any atom is -0.481 e. The molecule has 0 saturated heterocycles. The van der Waals surface area contributed by atoms with E-state index < -0.39 is 28.9 Å². The summed E-state index contributed by atoms with van der Waals surface area (Å²) in [6.45, 7) is 3.74. The van der Waals surface area contributed by atoms with E-state index in [0.717, 1.165) is 5.56 Å². The smallest absolute Gasteiger partial charge is 0.344 e. The number of benzene rings is 2. The van der Waals surface area contributed by atoms with Crippen molar-refractivity contribution in [2.45, 2.75) is 26.3 Å². The number of amides is 3. The lowest BCUT2D eigenvalue weighted by Gasteiger charge is -2.38. The summed E-state index contributed by atoms with van der Waals surface area (Å²) < 4.78 is 5.71. The number of ether oxygens (including phenoxy) is 1. The van der Waals surface area contributed by atoms with Crippen LogP contribution in [-0.4, -0.2) is 68.6 Å². The molecule has 2 heterocycles. The van der Waals surface area contributed by atoms with Gasteiger partial charge in [0, 0.05) is 50.2 Å². The van der Waals surface area contributed by atoms with Crippen LogP contribution in [-0.2, 0) is 4.79 Å². The first-order valence-electron chi connectivity index (χ1n) is 12.8. The van der Waals surface area contributed by atoms with Gasteiger partial charge in [-0.15, -0.1) is 0 Å². The van der Waals surface area contributed by atoms with Gasteiger partial charge in [0.2, 0.25) is 5.88 Å². The molecule has 0 saturated carbocycles. The number of carboxylic acids is 1. The minimum atomic E-state index is -1.20.